The van der Waals surface area contributed by atoms with Gasteiger partial charge in [-0.2, -0.15) is 0 Å². The van der Waals surface area contributed by atoms with Crippen molar-refractivity contribution in [1.82, 2.24) is 14.8 Å². The number of rotatable bonds is 6. The van der Waals surface area contributed by atoms with Gasteiger partial charge >= 0.3 is 6.36 Å². The van der Waals surface area contributed by atoms with Crippen LogP contribution >= 0.6 is 0 Å². The summed E-state index contributed by atoms with van der Waals surface area (Å²) in [7, 11) is 0. The summed E-state index contributed by atoms with van der Waals surface area (Å²) >= 11 is 0. The standard InChI is InChI=1S/C22H24F3N3O4/c1-15(2)28-12-18(31-14-16-6-8-17(9-7-16)32-22(23,24)25)11-27(13-20(28)29)21(30)19-5-3-4-10-26-19/h3-10,15,18H,11-14H2,1-2H3. The number of amides is 2. The number of aromatic nitrogens is 1. The molecule has 0 spiro atoms. The van der Waals surface area contributed by atoms with E-state index in [1.165, 1.54) is 35.4 Å². The first-order chi connectivity index (χ1) is 15.1. The molecule has 0 N–H and O–H groups in total. The number of hydrogen-bond acceptors (Lipinski definition) is 5. The molecular formula is C22H24F3N3O4. The van der Waals surface area contributed by atoms with Crippen LogP contribution in [0.3, 0.4) is 0 Å². The van der Waals surface area contributed by atoms with Gasteiger partial charge in [-0.05, 0) is 43.7 Å². The summed E-state index contributed by atoms with van der Waals surface area (Å²) < 4.78 is 46.8. The molecule has 7 nitrogen and oxygen atoms in total. The van der Waals surface area contributed by atoms with Crippen LogP contribution in [-0.4, -0.2) is 64.7 Å². The van der Waals surface area contributed by atoms with Crippen molar-refractivity contribution in [3.63, 3.8) is 0 Å². The van der Waals surface area contributed by atoms with E-state index in [0.29, 0.717) is 5.56 Å². The number of carbonyl (C=O) groups is 2. The van der Waals surface area contributed by atoms with Crippen LogP contribution < -0.4 is 4.74 Å². The SMILES string of the molecule is CC(C)N1CC(OCc2ccc(OC(F)(F)F)cc2)CN(C(=O)c2ccccn2)CC1=O. The fourth-order valence-electron chi connectivity index (χ4n) is 3.36. The Morgan fingerprint density at radius 2 is 1.88 bits per heavy atom. The first-order valence-electron chi connectivity index (χ1n) is 10.1. The van der Waals surface area contributed by atoms with Gasteiger partial charge in [0.15, 0.2) is 0 Å². The Morgan fingerprint density at radius 3 is 2.47 bits per heavy atom. The maximum absolute atomic E-state index is 12.9. The summed E-state index contributed by atoms with van der Waals surface area (Å²) in [5.41, 5.74) is 0.867. The monoisotopic (exact) mass is 451 g/mol. The molecule has 2 aromatic rings. The highest BCUT2D eigenvalue weighted by Crippen LogP contribution is 2.23. The number of halogens is 3. The largest absolute Gasteiger partial charge is 0.573 e. The molecular weight excluding hydrogens is 427 g/mol. The van der Waals surface area contributed by atoms with Crippen LogP contribution in [0.5, 0.6) is 5.75 Å². The van der Waals surface area contributed by atoms with E-state index in [1.807, 2.05) is 13.8 Å². The predicted molar refractivity (Wildman–Crippen MR) is 109 cm³/mol. The number of alkyl halides is 3. The van der Waals surface area contributed by atoms with Gasteiger partial charge in [-0.3, -0.25) is 14.6 Å². The first kappa shape index (κ1) is 23.5. The highest BCUT2D eigenvalue weighted by atomic mass is 19.4. The van der Waals surface area contributed by atoms with Crippen LogP contribution in [0.1, 0.15) is 29.9 Å². The third kappa shape index (κ3) is 6.43. The zero-order valence-corrected chi connectivity index (χ0v) is 17.7. The zero-order chi connectivity index (χ0) is 23.3. The molecule has 1 saturated heterocycles. The lowest BCUT2D eigenvalue weighted by Gasteiger charge is -2.27. The Hall–Kier alpha value is -3.14. The van der Waals surface area contributed by atoms with Crippen molar-refractivity contribution in [2.45, 2.75) is 39.0 Å². The molecule has 1 aromatic carbocycles. The predicted octanol–water partition coefficient (Wildman–Crippen LogP) is 3.26. The molecule has 1 fully saturated rings. The number of pyridine rings is 1. The molecule has 1 aliphatic heterocycles. The number of ether oxygens (including phenoxy) is 2. The van der Waals surface area contributed by atoms with Crippen molar-refractivity contribution < 1.29 is 32.2 Å². The molecule has 10 heteroatoms. The van der Waals surface area contributed by atoms with E-state index in [0.717, 1.165) is 0 Å². The normalized spacial score (nSPS) is 17.4. The van der Waals surface area contributed by atoms with Crippen LogP contribution in [0.4, 0.5) is 13.2 Å². The second kappa shape index (κ2) is 9.99. The lowest BCUT2D eigenvalue weighted by molar-refractivity contribution is -0.274. The van der Waals surface area contributed by atoms with E-state index in [1.54, 1.807) is 23.1 Å². The van der Waals surface area contributed by atoms with Gasteiger partial charge < -0.3 is 19.3 Å². The molecule has 0 radical (unpaired) electrons. The molecule has 32 heavy (non-hydrogen) atoms. The van der Waals surface area contributed by atoms with Gasteiger partial charge in [-0.15, -0.1) is 13.2 Å². The lowest BCUT2D eigenvalue weighted by atomic mass is 10.2. The molecule has 2 heterocycles. The van der Waals surface area contributed by atoms with E-state index in [-0.39, 0.29) is 55.5 Å². The molecule has 0 bridgehead atoms. The van der Waals surface area contributed by atoms with Crippen molar-refractivity contribution in [3.05, 3.63) is 59.9 Å². The highest BCUT2D eigenvalue weighted by molar-refractivity contribution is 5.95. The van der Waals surface area contributed by atoms with E-state index in [2.05, 4.69) is 9.72 Å². The molecule has 3 rings (SSSR count). The van der Waals surface area contributed by atoms with Crippen LogP contribution in [0.2, 0.25) is 0 Å². The molecule has 172 valence electrons. The molecule has 0 saturated carbocycles. The summed E-state index contributed by atoms with van der Waals surface area (Å²) in [5, 5.41) is 0. The number of nitrogens with zero attached hydrogens (tertiary/aromatic N) is 3. The summed E-state index contributed by atoms with van der Waals surface area (Å²) in [4.78, 5) is 32.7. The molecule has 1 aromatic heterocycles. The minimum absolute atomic E-state index is 0.0858. The molecule has 2 amide bonds. The topological polar surface area (TPSA) is 72.0 Å². The first-order valence-corrected chi connectivity index (χ1v) is 10.1. The quantitative estimate of drug-likeness (QED) is 0.674. The third-order valence-electron chi connectivity index (χ3n) is 4.91. The second-order valence-electron chi connectivity index (χ2n) is 7.67. The fourth-order valence-corrected chi connectivity index (χ4v) is 3.36. The van der Waals surface area contributed by atoms with Crippen LogP contribution in [-0.2, 0) is 16.1 Å². The zero-order valence-electron chi connectivity index (χ0n) is 17.7. The smallest absolute Gasteiger partial charge is 0.406 e. The third-order valence-corrected chi connectivity index (χ3v) is 4.91. The van der Waals surface area contributed by atoms with Gasteiger partial charge in [0.2, 0.25) is 5.91 Å². The second-order valence-corrected chi connectivity index (χ2v) is 7.67. The minimum Gasteiger partial charge on any atom is -0.406 e. The average molecular weight is 451 g/mol. The lowest BCUT2D eigenvalue weighted by Crippen LogP contribution is -2.42. The fraction of sp³-hybridized carbons (Fsp3) is 0.409. The van der Waals surface area contributed by atoms with Gasteiger partial charge in [-0.1, -0.05) is 18.2 Å². The Kier molecular flexibility index (Phi) is 7.34. The molecule has 1 atom stereocenters. The van der Waals surface area contributed by atoms with Crippen molar-refractivity contribution >= 4 is 11.8 Å². The van der Waals surface area contributed by atoms with Crippen molar-refractivity contribution in [2.75, 3.05) is 19.6 Å². The van der Waals surface area contributed by atoms with Crippen molar-refractivity contribution in [2.24, 2.45) is 0 Å². The Morgan fingerprint density at radius 1 is 1.16 bits per heavy atom. The highest BCUT2D eigenvalue weighted by Gasteiger charge is 2.33. The Bertz CT molecular complexity index is 920. The van der Waals surface area contributed by atoms with E-state index in [4.69, 9.17) is 4.74 Å². The van der Waals surface area contributed by atoms with Gasteiger partial charge in [0.1, 0.15) is 18.0 Å². The van der Waals surface area contributed by atoms with Crippen molar-refractivity contribution in [3.8, 4) is 5.75 Å². The maximum Gasteiger partial charge on any atom is 0.573 e. The summed E-state index contributed by atoms with van der Waals surface area (Å²) in [6, 6.07) is 10.2. The van der Waals surface area contributed by atoms with E-state index in [9.17, 15) is 22.8 Å². The van der Waals surface area contributed by atoms with Crippen LogP contribution in [0, 0.1) is 0 Å². The number of carbonyl (C=O) groups excluding carboxylic acids is 2. The van der Waals surface area contributed by atoms with Crippen molar-refractivity contribution in [1.29, 1.82) is 0 Å². The molecule has 0 aliphatic carbocycles. The van der Waals surface area contributed by atoms with E-state index < -0.39 is 12.5 Å². The number of benzene rings is 1. The number of hydrogen-bond donors (Lipinski definition) is 0. The van der Waals surface area contributed by atoms with Crippen LogP contribution in [0.25, 0.3) is 0 Å². The molecule has 1 unspecified atom stereocenters. The maximum atomic E-state index is 12.9. The molecule has 1 aliphatic rings. The summed E-state index contributed by atoms with van der Waals surface area (Å²) in [5.74, 6) is -0.879. The van der Waals surface area contributed by atoms with E-state index >= 15 is 0 Å². The van der Waals surface area contributed by atoms with Gasteiger partial charge in [0.05, 0.1) is 12.7 Å². The van der Waals surface area contributed by atoms with Gasteiger partial charge in [-0.25, -0.2) is 0 Å². The van der Waals surface area contributed by atoms with Gasteiger partial charge in [0, 0.05) is 25.3 Å². The average Bonchev–Trinajstić information content (AvgIpc) is 2.91. The Balaban J connectivity index is 1.70. The summed E-state index contributed by atoms with van der Waals surface area (Å²) in [6.45, 7) is 4.24. The minimum atomic E-state index is -4.76. The van der Waals surface area contributed by atoms with Gasteiger partial charge in [0.25, 0.3) is 5.91 Å². The Labute approximate surface area is 183 Å². The summed E-state index contributed by atoms with van der Waals surface area (Å²) in [6.07, 6.45) is -3.73. The van der Waals surface area contributed by atoms with Crippen LogP contribution in [0.15, 0.2) is 48.7 Å².